The molecule has 6 aromatic rings. The molecular formula is C46H47N3OPt-2. The first-order chi connectivity index (χ1) is 23.5. The third-order valence-electron chi connectivity index (χ3n) is 9.97. The number of fused-ring (bicyclic) bond motifs is 3. The molecule has 5 heteroatoms. The van der Waals surface area contributed by atoms with Gasteiger partial charge in [-0.25, -0.2) is 4.98 Å². The van der Waals surface area contributed by atoms with Crippen LogP contribution in [0.15, 0.2) is 103 Å². The summed E-state index contributed by atoms with van der Waals surface area (Å²) in [6, 6.07) is 39.9. The third-order valence-corrected chi connectivity index (χ3v) is 9.97. The third kappa shape index (κ3) is 6.64. The van der Waals surface area contributed by atoms with Crippen LogP contribution in [0.25, 0.3) is 16.8 Å². The van der Waals surface area contributed by atoms with Crippen LogP contribution in [0.3, 0.4) is 0 Å². The van der Waals surface area contributed by atoms with Crippen molar-refractivity contribution in [3.63, 3.8) is 0 Å². The van der Waals surface area contributed by atoms with Gasteiger partial charge in [0.15, 0.2) is 0 Å². The Balaban J connectivity index is 0.00000448. The molecule has 0 bridgehead atoms. The first-order valence-corrected chi connectivity index (χ1v) is 17.5. The maximum atomic E-state index is 6.69. The summed E-state index contributed by atoms with van der Waals surface area (Å²) in [6.07, 6.45) is 7.17. The van der Waals surface area contributed by atoms with Crippen molar-refractivity contribution in [3.05, 3.63) is 161 Å². The van der Waals surface area contributed by atoms with Crippen LogP contribution in [0, 0.1) is 18.5 Å². The van der Waals surface area contributed by atoms with Crippen LogP contribution in [0.2, 0.25) is 0 Å². The molecule has 2 aromatic heterocycles. The number of ether oxygens (including phenoxy) is 1. The second-order valence-electron chi connectivity index (χ2n) is 16.8. The minimum absolute atomic E-state index is 0. The molecule has 0 saturated heterocycles. The fourth-order valence-electron chi connectivity index (χ4n) is 7.06. The number of aryl methyl sites for hydroxylation is 1. The maximum Gasteiger partial charge on any atom is 0.241 e. The van der Waals surface area contributed by atoms with Crippen LogP contribution < -0.4 is 9.30 Å². The summed E-state index contributed by atoms with van der Waals surface area (Å²) < 4.78 is 10.5. The quantitative estimate of drug-likeness (QED) is 0.128. The molecule has 0 aliphatic heterocycles. The zero-order valence-corrected chi connectivity index (χ0v) is 33.7. The maximum absolute atomic E-state index is 6.69. The zero-order valence-electron chi connectivity index (χ0n) is 31.4. The Labute approximate surface area is 318 Å². The minimum Gasteiger partial charge on any atom is -0.466 e. The van der Waals surface area contributed by atoms with Crippen molar-refractivity contribution < 1.29 is 30.4 Å². The fraction of sp³-hybridized carbons (Fsp3) is 0.304. The van der Waals surface area contributed by atoms with Crippen molar-refractivity contribution in [2.45, 2.75) is 84.0 Å². The Morgan fingerprint density at radius 3 is 1.86 bits per heavy atom. The van der Waals surface area contributed by atoms with Gasteiger partial charge in [0.1, 0.15) is 0 Å². The van der Waals surface area contributed by atoms with Gasteiger partial charge in [-0.1, -0.05) is 104 Å². The molecule has 0 atom stereocenters. The summed E-state index contributed by atoms with van der Waals surface area (Å²) in [5.74, 6) is 1.13. The van der Waals surface area contributed by atoms with Crippen molar-refractivity contribution in [1.82, 2.24) is 9.55 Å². The van der Waals surface area contributed by atoms with Crippen molar-refractivity contribution in [2.24, 2.45) is 7.05 Å². The number of rotatable bonds is 5. The van der Waals surface area contributed by atoms with Gasteiger partial charge in [0.2, 0.25) is 12.2 Å². The molecule has 4 aromatic carbocycles. The largest absolute Gasteiger partial charge is 0.466 e. The van der Waals surface area contributed by atoms with Crippen molar-refractivity contribution >= 4 is 0 Å². The average Bonchev–Trinajstić information content (AvgIpc) is 3.63. The Bertz CT molecular complexity index is 2150. The topological polar surface area (TPSA) is 30.9 Å². The van der Waals surface area contributed by atoms with Gasteiger partial charge < -0.3 is 13.9 Å². The molecule has 0 amide bonds. The molecule has 0 fully saturated rings. The van der Waals surface area contributed by atoms with Gasteiger partial charge in [-0.15, -0.1) is 17.7 Å². The summed E-state index contributed by atoms with van der Waals surface area (Å²) in [5.41, 5.74) is 10.4. The van der Waals surface area contributed by atoms with Gasteiger partial charge in [-0.3, -0.25) is 0 Å². The monoisotopic (exact) mass is 852 g/mol. The number of nitrogens with zero attached hydrogens (tertiary/aromatic N) is 3. The van der Waals surface area contributed by atoms with E-state index in [4.69, 9.17) is 9.72 Å². The number of aromatic nitrogens is 3. The zero-order chi connectivity index (χ0) is 35.6. The molecule has 0 radical (unpaired) electrons. The van der Waals surface area contributed by atoms with Gasteiger partial charge in [-0.2, -0.15) is 42.5 Å². The van der Waals surface area contributed by atoms with E-state index in [9.17, 15) is 0 Å². The number of benzene rings is 4. The van der Waals surface area contributed by atoms with E-state index in [1.807, 2.05) is 58.9 Å². The van der Waals surface area contributed by atoms with Crippen LogP contribution in [-0.2, 0) is 49.8 Å². The van der Waals surface area contributed by atoms with E-state index in [2.05, 4.69) is 141 Å². The molecule has 0 unspecified atom stereocenters. The second-order valence-corrected chi connectivity index (χ2v) is 16.8. The van der Waals surface area contributed by atoms with E-state index in [1.165, 1.54) is 33.4 Å². The van der Waals surface area contributed by atoms with Crippen LogP contribution in [0.5, 0.6) is 11.6 Å². The predicted molar refractivity (Wildman–Crippen MR) is 201 cm³/mol. The van der Waals surface area contributed by atoms with Gasteiger partial charge in [0, 0.05) is 45.3 Å². The Hall–Kier alpha value is -4.27. The van der Waals surface area contributed by atoms with Gasteiger partial charge >= 0.3 is 0 Å². The molecule has 4 nitrogen and oxygen atoms in total. The molecule has 1 aliphatic rings. The summed E-state index contributed by atoms with van der Waals surface area (Å²) in [6.45, 7) is 20.4. The van der Waals surface area contributed by atoms with Gasteiger partial charge in [-0.05, 0) is 61.3 Å². The van der Waals surface area contributed by atoms with Crippen molar-refractivity contribution in [3.8, 4) is 28.4 Å². The summed E-state index contributed by atoms with van der Waals surface area (Å²) >= 11 is 0. The van der Waals surface area contributed by atoms with E-state index in [1.54, 1.807) is 0 Å². The SMILES string of the molecule is C[n+]1[c-]n(-c2[c-]c(Oc3cc(C(C)(C)C)cc(C4(c5[c-]cccc5)c5cc(C(C)(C)C)ccc5-c5ccc(C(C)(C)C)cc54)n3)ccc2)cc1.[Pt]. The molecule has 0 spiro atoms. The van der Waals surface area contributed by atoms with Crippen LogP contribution >= 0.6 is 0 Å². The molecule has 0 saturated carbocycles. The van der Waals surface area contributed by atoms with Crippen LogP contribution in [0.4, 0.5) is 0 Å². The Kier molecular flexibility index (Phi) is 9.34. The second kappa shape index (κ2) is 13.0. The molecule has 0 N–H and O–H groups in total. The summed E-state index contributed by atoms with van der Waals surface area (Å²) in [7, 11) is 1.95. The summed E-state index contributed by atoms with van der Waals surface area (Å²) in [5, 5.41) is 0. The number of hydrogen-bond donors (Lipinski definition) is 0. The molecule has 1 aliphatic carbocycles. The Morgan fingerprint density at radius 2 is 1.33 bits per heavy atom. The first kappa shape index (κ1) is 36.5. The molecule has 51 heavy (non-hydrogen) atoms. The van der Waals surface area contributed by atoms with Crippen molar-refractivity contribution in [1.29, 1.82) is 0 Å². The molecule has 2 heterocycles. The number of pyridine rings is 1. The number of hydrogen-bond acceptors (Lipinski definition) is 2. The van der Waals surface area contributed by atoms with E-state index in [-0.39, 0.29) is 37.3 Å². The Morgan fingerprint density at radius 1 is 0.706 bits per heavy atom. The van der Waals surface area contributed by atoms with E-state index >= 15 is 0 Å². The van der Waals surface area contributed by atoms with Crippen LogP contribution in [0.1, 0.15) is 101 Å². The summed E-state index contributed by atoms with van der Waals surface area (Å²) in [4.78, 5) is 5.48. The smallest absolute Gasteiger partial charge is 0.241 e. The van der Waals surface area contributed by atoms with Crippen LogP contribution in [-0.4, -0.2) is 9.55 Å². The van der Waals surface area contributed by atoms with E-state index < -0.39 is 5.41 Å². The first-order valence-electron chi connectivity index (χ1n) is 17.5. The molecule has 7 rings (SSSR count). The average molecular weight is 853 g/mol. The standard InChI is InChI=1S/C46H47N3O.Pt/c1-43(2,3)32-19-21-37-38-22-20-33(44(4,5)6)26-40(38)46(39(37)25-32,31-15-12-11-13-16-31)41-27-34(45(7,8)9)28-42(47-41)50-36-18-14-17-35(29-36)49-24-23-48(10)30-49;/h11-15,17-28H,1-10H3;/q-2;. The minimum atomic E-state index is -0.742. The van der Waals surface area contributed by atoms with E-state index in [0.29, 0.717) is 11.6 Å². The number of imidazole rings is 1. The fourth-order valence-corrected chi connectivity index (χ4v) is 7.06. The van der Waals surface area contributed by atoms with E-state index in [0.717, 1.165) is 22.5 Å². The van der Waals surface area contributed by atoms with Crippen molar-refractivity contribution in [2.75, 3.05) is 0 Å². The predicted octanol–water partition coefficient (Wildman–Crippen LogP) is 10.1. The van der Waals surface area contributed by atoms with Gasteiger partial charge in [0.25, 0.3) is 0 Å². The normalized spacial score (nSPS) is 13.7. The molecular weight excluding hydrogens is 806 g/mol. The van der Waals surface area contributed by atoms with Gasteiger partial charge in [0.05, 0.1) is 18.2 Å². The molecule has 264 valence electrons.